The van der Waals surface area contributed by atoms with Gasteiger partial charge in [0.2, 0.25) is 0 Å². The predicted octanol–water partition coefficient (Wildman–Crippen LogP) is 7.08. The SMILES string of the molecule is O=C(N=Nc1cc(-c2ccc(Br)cc2)oc1O)c1ccccc1Nc1ccccc1. The van der Waals surface area contributed by atoms with Crippen molar-refractivity contribution in [3.05, 3.63) is 95.0 Å². The second-order valence-corrected chi connectivity index (χ2v) is 7.27. The summed E-state index contributed by atoms with van der Waals surface area (Å²) in [4.78, 5) is 12.6. The van der Waals surface area contributed by atoms with Crippen LogP contribution in [0.2, 0.25) is 0 Å². The van der Waals surface area contributed by atoms with Crippen LogP contribution in [0.3, 0.4) is 0 Å². The second-order valence-electron chi connectivity index (χ2n) is 6.35. The lowest BCUT2D eigenvalue weighted by atomic mass is 10.1. The number of halogens is 1. The molecule has 1 heterocycles. The van der Waals surface area contributed by atoms with Crippen molar-refractivity contribution in [3.63, 3.8) is 0 Å². The van der Waals surface area contributed by atoms with Crippen LogP contribution < -0.4 is 5.32 Å². The first-order valence-corrected chi connectivity index (χ1v) is 9.85. The van der Waals surface area contributed by atoms with Gasteiger partial charge in [-0.05, 0) is 36.4 Å². The van der Waals surface area contributed by atoms with E-state index in [1.54, 1.807) is 18.2 Å². The Bertz CT molecular complexity index is 1200. The molecule has 2 N–H and O–H groups in total. The maximum absolute atomic E-state index is 12.6. The van der Waals surface area contributed by atoms with Crippen molar-refractivity contribution in [2.75, 3.05) is 5.32 Å². The van der Waals surface area contributed by atoms with E-state index in [9.17, 15) is 9.90 Å². The summed E-state index contributed by atoms with van der Waals surface area (Å²) in [5.41, 5.74) is 2.66. The van der Waals surface area contributed by atoms with Gasteiger partial charge in [0.25, 0.3) is 5.91 Å². The zero-order valence-electron chi connectivity index (χ0n) is 15.6. The van der Waals surface area contributed by atoms with Crippen LogP contribution in [-0.2, 0) is 0 Å². The molecule has 30 heavy (non-hydrogen) atoms. The normalized spacial score (nSPS) is 11.0. The highest BCUT2D eigenvalue weighted by molar-refractivity contribution is 9.10. The molecule has 0 aliphatic carbocycles. The minimum atomic E-state index is -0.542. The molecule has 0 aliphatic heterocycles. The van der Waals surface area contributed by atoms with E-state index in [1.165, 1.54) is 6.07 Å². The van der Waals surface area contributed by atoms with E-state index in [0.717, 1.165) is 15.7 Å². The number of para-hydroxylation sites is 2. The fourth-order valence-electron chi connectivity index (χ4n) is 2.81. The van der Waals surface area contributed by atoms with Gasteiger partial charge in [-0.3, -0.25) is 4.79 Å². The molecular formula is C23H16BrN3O3. The van der Waals surface area contributed by atoms with Crippen molar-refractivity contribution < 1.29 is 14.3 Å². The molecule has 0 unspecified atom stereocenters. The topological polar surface area (TPSA) is 87.2 Å². The Labute approximate surface area is 181 Å². The van der Waals surface area contributed by atoms with Gasteiger partial charge in [-0.1, -0.05) is 58.4 Å². The van der Waals surface area contributed by atoms with Gasteiger partial charge in [0.1, 0.15) is 5.76 Å². The fourth-order valence-corrected chi connectivity index (χ4v) is 3.07. The van der Waals surface area contributed by atoms with Crippen molar-refractivity contribution in [3.8, 4) is 17.3 Å². The Kier molecular flexibility index (Phi) is 5.72. The molecule has 0 fully saturated rings. The van der Waals surface area contributed by atoms with E-state index in [4.69, 9.17) is 4.42 Å². The third-order valence-electron chi connectivity index (χ3n) is 4.28. The van der Waals surface area contributed by atoms with Gasteiger partial charge in [0.15, 0.2) is 5.69 Å². The Balaban J connectivity index is 1.55. The number of aromatic hydroxyl groups is 1. The molecule has 7 heteroatoms. The van der Waals surface area contributed by atoms with Crippen molar-refractivity contribution >= 4 is 38.9 Å². The molecule has 0 aliphatic rings. The van der Waals surface area contributed by atoms with Gasteiger partial charge in [0.05, 0.1) is 11.3 Å². The molecule has 3 aromatic carbocycles. The third kappa shape index (κ3) is 4.47. The number of hydrogen-bond acceptors (Lipinski definition) is 5. The van der Waals surface area contributed by atoms with Crippen LogP contribution in [0.15, 0.2) is 104 Å². The van der Waals surface area contributed by atoms with Crippen LogP contribution in [0.1, 0.15) is 10.4 Å². The molecule has 0 bridgehead atoms. The summed E-state index contributed by atoms with van der Waals surface area (Å²) in [6.07, 6.45) is 0. The summed E-state index contributed by atoms with van der Waals surface area (Å²) in [7, 11) is 0. The molecule has 0 atom stereocenters. The van der Waals surface area contributed by atoms with E-state index >= 15 is 0 Å². The molecular weight excluding hydrogens is 446 g/mol. The van der Waals surface area contributed by atoms with E-state index in [2.05, 4.69) is 31.5 Å². The van der Waals surface area contributed by atoms with Gasteiger partial charge < -0.3 is 14.8 Å². The molecule has 0 saturated carbocycles. The Morgan fingerprint density at radius 3 is 2.40 bits per heavy atom. The van der Waals surface area contributed by atoms with Crippen LogP contribution >= 0.6 is 15.9 Å². The second kappa shape index (κ2) is 8.75. The highest BCUT2D eigenvalue weighted by Gasteiger charge is 2.14. The fraction of sp³-hybridized carbons (Fsp3) is 0. The van der Waals surface area contributed by atoms with Gasteiger partial charge in [0, 0.05) is 21.8 Å². The van der Waals surface area contributed by atoms with Crippen molar-refractivity contribution in [2.45, 2.75) is 0 Å². The first-order chi connectivity index (χ1) is 14.6. The quantitative estimate of drug-likeness (QED) is 0.310. The monoisotopic (exact) mass is 461 g/mol. The van der Waals surface area contributed by atoms with Crippen molar-refractivity contribution in [2.24, 2.45) is 10.2 Å². The zero-order valence-corrected chi connectivity index (χ0v) is 17.2. The van der Waals surface area contributed by atoms with E-state index in [-0.39, 0.29) is 5.69 Å². The summed E-state index contributed by atoms with van der Waals surface area (Å²) in [6, 6.07) is 25.4. The minimum Gasteiger partial charge on any atom is -0.479 e. The predicted molar refractivity (Wildman–Crippen MR) is 119 cm³/mol. The molecule has 6 nitrogen and oxygen atoms in total. The number of furan rings is 1. The van der Waals surface area contributed by atoms with Crippen LogP contribution in [0.4, 0.5) is 17.1 Å². The molecule has 0 spiro atoms. The molecule has 4 aromatic rings. The number of anilines is 2. The number of benzene rings is 3. The van der Waals surface area contributed by atoms with Gasteiger partial charge >= 0.3 is 5.95 Å². The number of carbonyl (C=O) groups is 1. The lowest BCUT2D eigenvalue weighted by Gasteiger charge is -2.09. The maximum Gasteiger partial charge on any atom is 0.311 e. The zero-order chi connectivity index (χ0) is 20.9. The first-order valence-electron chi connectivity index (χ1n) is 9.06. The Morgan fingerprint density at radius 2 is 1.63 bits per heavy atom. The lowest BCUT2D eigenvalue weighted by molar-refractivity contribution is 0.0996. The summed E-state index contributed by atoms with van der Waals surface area (Å²) >= 11 is 3.37. The maximum atomic E-state index is 12.6. The van der Waals surface area contributed by atoms with E-state index < -0.39 is 11.9 Å². The Hall–Kier alpha value is -3.71. The summed E-state index contributed by atoms with van der Waals surface area (Å²) in [5.74, 6) is -0.521. The van der Waals surface area contributed by atoms with Gasteiger partial charge in [-0.2, -0.15) is 0 Å². The lowest BCUT2D eigenvalue weighted by Crippen LogP contribution is -2.00. The van der Waals surface area contributed by atoms with Gasteiger partial charge in [-0.25, -0.2) is 0 Å². The smallest absolute Gasteiger partial charge is 0.311 e. The van der Waals surface area contributed by atoms with Crippen LogP contribution in [0.5, 0.6) is 5.95 Å². The molecule has 0 saturated heterocycles. The van der Waals surface area contributed by atoms with Crippen LogP contribution in [0.25, 0.3) is 11.3 Å². The number of rotatable bonds is 5. The van der Waals surface area contributed by atoms with Crippen molar-refractivity contribution in [1.29, 1.82) is 0 Å². The average Bonchev–Trinajstić information content (AvgIpc) is 3.14. The van der Waals surface area contributed by atoms with Gasteiger partial charge in [-0.15, -0.1) is 10.2 Å². The first kappa shape index (κ1) is 19.6. The average molecular weight is 462 g/mol. The number of carbonyl (C=O) groups excluding carboxylic acids is 1. The summed E-state index contributed by atoms with van der Waals surface area (Å²) < 4.78 is 6.27. The Morgan fingerprint density at radius 1 is 0.933 bits per heavy atom. The number of hydrogen-bond donors (Lipinski definition) is 2. The van der Waals surface area contributed by atoms with Crippen LogP contribution in [0, 0.1) is 0 Å². The molecule has 4 rings (SSSR count). The number of amides is 1. The highest BCUT2D eigenvalue weighted by Crippen LogP contribution is 2.36. The molecule has 1 amide bonds. The largest absolute Gasteiger partial charge is 0.479 e. The number of azo groups is 1. The van der Waals surface area contributed by atoms with Crippen molar-refractivity contribution in [1.82, 2.24) is 0 Å². The highest BCUT2D eigenvalue weighted by atomic mass is 79.9. The number of nitrogens with one attached hydrogen (secondary N) is 1. The summed E-state index contributed by atoms with van der Waals surface area (Å²) in [5, 5.41) is 20.9. The third-order valence-corrected chi connectivity index (χ3v) is 4.81. The molecule has 1 aromatic heterocycles. The minimum absolute atomic E-state index is 0.0785. The standard InChI is InChI=1S/C23H16BrN3O3/c24-16-12-10-15(11-13-16)21-14-20(23(29)30-21)26-27-22(28)18-8-4-5-9-19(18)25-17-6-2-1-3-7-17/h1-14,25,29H. The van der Waals surface area contributed by atoms with E-state index in [1.807, 2.05) is 60.7 Å². The molecule has 148 valence electrons. The van der Waals surface area contributed by atoms with Crippen LogP contribution in [-0.4, -0.2) is 11.0 Å². The number of nitrogens with zero attached hydrogens (tertiary/aromatic N) is 2. The molecule has 0 radical (unpaired) electrons. The van der Waals surface area contributed by atoms with E-state index in [0.29, 0.717) is 17.0 Å². The summed E-state index contributed by atoms with van der Waals surface area (Å²) in [6.45, 7) is 0.